The third kappa shape index (κ3) is 3.24. The zero-order chi connectivity index (χ0) is 17.4. The number of hydrogen-bond acceptors (Lipinski definition) is 4. The fourth-order valence-corrected chi connectivity index (χ4v) is 3.68. The van der Waals surface area contributed by atoms with E-state index in [0.29, 0.717) is 11.7 Å². The van der Waals surface area contributed by atoms with Crippen molar-refractivity contribution in [3.8, 4) is 11.3 Å². The molecule has 3 aromatic rings. The van der Waals surface area contributed by atoms with Crippen LogP contribution in [0.25, 0.3) is 22.2 Å². The molecule has 1 saturated heterocycles. The molecule has 4 rings (SSSR count). The number of piperazine rings is 1. The van der Waals surface area contributed by atoms with Crippen LogP contribution in [0.1, 0.15) is 6.92 Å². The van der Waals surface area contributed by atoms with Gasteiger partial charge in [0.2, 0.25) is 0 Å². The summed E-state index contributed by atoms with van der Waals surface area (Å²) in [5, 5.41) is 4.28. The largest absolute Gasteiger partial charge is 0.366 e. The van der Waals surface area contributed by atoms with Crippen molar-refractivity contribution in [1.29, 1.82) is 0 Å². The highest BCUT2D eigenvalue weighted by molar-refractivity contribution is 9.10. The Labute approximate surface area is 154 Å². The van der Waals surface area contributed by atoms with Crippen molar-refractivity contribution in [2.75, 3.05) is 24.5 Å². The summed E-state index contributed by atoms with van der Waals surface area (Å²) < 4.78 is 15.8. The van der Waals surface area contributed by atoms with Gasteiger partial charge in [-0.2, -0.15) is 0 Å². The minimum atomic E-state index is -0.214. The third-order valence-corrected chi connectivity index (χ3v) is 5.02. The molecule has 0 amide bonds. The average molecular weight is 401 g/mol. The van der Waals surface area contributed by atoms with Gasteiger partial charge in [0.25, 0.3) is 0 Å². The highest BCUT2D eigenvalue weighted by Gasteiger charge is 2.19. The maximum Gasteiger partial charge on any atom is 0.147 e. The summed E-state index contributed by atoms with van der Waals surface area (Å²) >= 11 is 3.48. The Morgan fingerprint density at radius 1 is 1.20 bits per heavy atom. The summed E-state index contributed by atoms with van der Waals surface area (Å²) in [7, 11) is 0. The molecule has 1 N–H and O–H groups in total. The van der Waals surface area contributed by atoms with Gasteiger partial charge < -0.3 is 10.2 Å². The molecule has 1 aliphatic rings. The first-order valence-electron chi connectivity index (χ1n) is 8.30. The Morgan fingerprint density at radius 3 is 2.88 bits per heavy atom. The van der Waals surface area contributed by atoms with Crippen LogP contribution >= 0.6 is 15.9 Å². The van der Waals surface area contributed by atoms with Crippen molar-refractivity contribution in [2.45, 2.75) is 13.0 Å². The maximum absolute atomic E-state index is 14.8. The molecule has 4 nitrogen and oxygen atoms in total. The van der Waals surface area contributed by atoms with Crippen LogP contribution in [0.2, 0.25) is 0 Å². The maximum atomic E-state index is 14.8. The van der Waals surface area contributed by atoms with Gasteiger partial charge in [-0.25, -0.2) is 14.4 Å². The second-order valence-electron chi connectivity index (χ2n) is 6.35. The Kier molecular flexibility index (Phi) is 4.39. The normalized spacial score (nSPS) is 17.9. The topological polar surface area (TPSA) is 41.1 Å². The van der Waals surface area contributed by atoms with E-state index >= 15 is 0 Å². The minimum Gasteiger partial charge on any atom is -0.366 e. The number of fused-ring (bicyclic) bond motifs is 1. The lowest BCUT2D eigenvalue weighted by atomic mass is 10.1. The van der Waals surface area contributed by atoms with E-state index in [4.69, 9.17) is 0 Å². The number of halogens is 2. The first kappa shape index (κ1) is 16.4. The van der Waals surface area contributed by atoms with Crippen LogP contribution in [0.15, 0.2) is 47.2 Å². The van der Waals surface area contributed by atoms with Crippen molar-refractivity contribution >= 4 is 32.5 Å². The van der Waals surface area contributed by atoms with Crippen molar-refractivity contribution in [3.63, 3.8) is 0 Å². The first-order valence-corrected chi connectivity index (χ1v) is 9.09. The number of rotatable bonds is 2. The van der Waals surface area contributed by atoms with Crippen LogP contribution in [0.3, 0.4) is 0 Å². The Morgan fingerprint density at radius 2 is 2.08 bits per heavy atom. The van der Waals surface area contributed by atoms with E-state index in [1.807, 2.05) is 30.3 Å². The summed E-state index contributed by atoms with van der Waals surface area (Å²) in [5.74, 6) is -0.214. The van der Waals surface area contributed by atoms with Gasteiger partial charge in [-0.15, -0.1) is 0 Å². The van der Waals surface area contributed by atoms with Crippen molar-refractivity contribution in [2.24, 2.45) is 0 Å². The van der Waals surface area contributed by atoms with E-state index < -0.39 is 0 Å². The molecule has 0 saturated carbocycles. The highest BCUT2D eigenvalue weighted by atomic mass is 79.9. The lowest BCUT2D eigenvalue weighted by Gasteiger charge is -2.33. The van der Waals surface area contributed by atoms with E-state index in [0.717, 1.165) is 46.3 Å². The van der Waals surface area contributed by atoms with Gasteiger partial charge in [0.1, 0.15) is 12.1 Å². The zero-order valence-electron chi connectivity index (χ0n) is 13.8. The van der Waals surface area contributed by atoms with Crippen molar-refractivity contribution < 1.29 is 4.39 Å². The monoisotopic (exact) mass is 400 g/mol. The van der Waals surface area contributed by atoms with E-state index in [2.05, 4.69) is 43.0 Å². The van der Waals surface area contributed by atoms with E-state index in [1.165, 1.54) is 6.33 Å². The molecule has 0 spiro atoms. The summed E-state index contributed by atoms with van der Waals surface area (Å²) in [6.07, 6.45) is 1.52. The van der Waals surface area contributed by atoms with Crippen molar-refractivity contribution in [1.82, 2.24) is 15.3 Å². The highest BCUT2D eigenvalue weighted by Crippen LogP contribution is 2.31. The van der Waals surface area contributed by atoms with Gasteiger partial charge >= 0.3 is 0 Å². The Balaban J connectivity index is 1.75. The lowest BCUT2D eigenvalue weighted by molar-refractivity contribution is 0.478. The number of nitrogens with zero attached hydrogens (tertiary/aromatic N) is 3. The molecule has 128 valence electrons. The molecule has 6 heteroatoms. The summed E-state index contributed by atoms with van der Waals surface area (Å²) in [4.78, 5) is 10.8. The lowest BCUT2D eigenvalue weighted by Crippen LogP contribution is -2.49. The zero-order valence-corrected chi connectivity index (χ0v) is 15.4. The van der Waals surface area contributed by atoms with Gasteiger partial charge in [-0.05, 0) is 37.3 Å². The molecule has 0 radical (unpaired) electrons. The van der Waals surface area contributed by atoms with Crippen LogP contribution in [-0.2, 0) is 0 Å². The Hall–Kier alpha value is -2.05. The molecule has 1 unspecified atom stereocenters. The molecular formula is C19H18BrFN4. The second kappa shape index (κ2) is 6.69. The third-order valence-electron chi connectivity index (χ3n) is 4.53. The van der Waals surface area contributed by atoms with Gasteiger partial charge in [-0.3, -0.25) is 0 Å². The van der Waals surface area contributed by atoms with Crippen molar-refractivity contribution in [3.05, 3.63) is 53.0 Å². The fraction of sp³-hybridized carbons (Fsp3) is 0.263. The molecule has 0 aliphatic carbocycles. The molecule has 0 bridgehead atoms. The number of anilines is 1. The van der Waals surface area contributed by atoms with Crippen LogP contribution in [0.4, 0.5) is 10.1 Å². The summed E-state index contributed by atoms with van der Waals surface area (Å²) in [5.41, 5.74) is 2.99. The average Bonchev–Trinajstić information content (AvgIpc) is 2.61. The summed E-state index contributed by atoms with van der Waals surface area (Å²) in [6, 6.07) is 11.6. The van der Waals surface area contributed by atoms with E-state index in [-0.39, 0.29) is 5.82 Å². The van der Waals surface area contributed by atoms with Crippen LogP contribution in [0.5, 0.6) is 0 Å². The smallest absolute Gasteiger partial charge is 0.147 e. The molecule has 2 heterocycles. The van der Waals surface area contributed by atoms with Gasteiger partial charge in [0, 0.05) is 41.1 Å². The van der Waals surface area contributed by atoms with Gasteiger partial charge in [0.15, 0.2) is 0 Å². The van der Waals surface area contributed by atoms with Crippen LogP contribution < -0.4 is 10.2 Å². The molecule has 1 fully saturated rings. The molecule has 1 aliphatic heterocycles. The SMILES string of the molecule is CC1CN(c2ccc(-c3ncnc4ccc(Br)cc34)cc2F)CCN1. The molecule has 1 aromatic heterocycles. The Bertz CT molecular complexity index is 930. The molecule has 2 aromatic carbocycles. The van der Waals surface area contributed by atoms with E-state index in [1.54, 1.807) is 6.07 Å². The fourth-order valence-electron chi connectivity index (χ4n) is 3.32. The van der Waals surface area contributed by atoms with Crippen LogP contribution in [0, 0.1) is 5.82 Å². The van der Waals surface area contributed by atoms with E-state index in [9.17, 15) is 4.39 Å². The number of hydrogen-bond donors (Lipinski definition) is 1. The predicted octanol–water partition coefficient (Wildman–Crippen LogP) is 4.00. The van der Waals surface area contributed by atoms with Gasteiger partial charge in [-0.1, -0.05) is 22.0 Å². The molecular weight excluding hydrogens is 383 g/mol. The number of aromatic nitrogens is 2. The standard InChI is InChI=1S/C19H18BrFN4/c1-12-10-25(7-6-22-12)18-5-2-13(8-16(18)21)19-15-9-14(20)3-4-17(15)23-11-24-19/h2-5,8-9,11-12,22H,6-7,10H2,1H3. The number of nitrogens with one attached hydrogen (secondary N) is 1. The second-order valence-corrected chi connectivity index (χ2v) is 7.27. The first-order chi connectivity index (χ1) is 12.1. The quantitative estimate of drug-likeness (QED) is 0.705. The minimum absolute atomic E-state index is 0.214. The summed E-state index contributed by atoms with van der Waals surface area (Å²) in [6.45, 7) is 4.60. The van der Waals surface area contributed by atoms with Gasteiger partial charge in [0.05, 0.1) is 16.9 Å². The number of benzene rings is 2. The van der Waals surface area contributed by atoms with Crippen LogP contribution in [-0.4, -0.2) is 35.6 Å². The predicted molar refractivity (Wildman–Crippen MR) is 102 cm³/mol. The molecule has 25 heavy (non-hydrogen) atoms. The molecule has 1 atom stereocenters.